The van der Waals surface area contributed by atoms with Gasteiger partial charge in [-0.2, -0.15) is 8.61 Å². The van der Waals surface area contributed by atoms with E-state index >= 15 is 0 Å². The second kappa shape index (κ2) is 16.6. The van der Waals surface area contributed by atoms with Gasteiger partial charge >= 0.3 is 0 Å². The molecule has 0 unspecified atom stereocenters. The molecule has 4 fully saturated rings. The Morgan fingerprint density at radius 1 is 0.685 bits per heavy atom. The molecule has 54 heavy (non-hydrogen) atoms. The van der Waals surface area contributed by atoms with Gasteiger partial charge in [-0.05, 0) is 61.1 Å². The highest BCUT2D eigenvalue weighted by molar-refractivity contribution is 7.88. The first-order chi connectivity index (χ1) is 25.5. The minimum atomic E-state index is -3.58. The summed E-state index contributed by atoms with van der Waals surface area (Å²) >= 11 is 0. The van der Waals surface area contributed by atoms with Gasteiger partial charge in [0.2, 0.25) is 31.9 Å². The van der Waals surface area contributed by atoms with Crippen LogP contribution in [0.1, 0.15) is 49.7 Å². The van der Waals surface area contributed by atoms with E-state index in [1.165, 1.54) is 32.9 Å². The van der Waals surface area contributed by atoms with E-state index in [0.717, 1.165) is 12.5 Å². The Balaban J connectivity index is 1.02. The summed E-state index contributed by atoms with van der Waals surface area (Å²) in [7, 11) is -7.15. The fourth-order valence-electron chi connectivity index (χ4n) is 8.51. The first-order valence-corrected chi connectivity index (χ1v) is 22.0. The highest BCUT2D eigenvalue weighted by atomic mass is 32.2. The van der Waals surface area contributed by atoms with Crippen LogP contribution >= 0.6 is 0 Å². The number of halogens is 2. The molecule has 2 aromatic rings. The number of likely N-dealkylation sites (tertiary alicyclic amines) is 2. The van der Waals surface area contributed by atoms with Gasteiger partial charge in [0.25, 0.3) is 0 Å². The van der Waals surface area contributed by atoms with Crippen LogP contribution in [0.4, 0.5) is 8.78 Å². The summed E-state index contributed by atoms with van der Waals surface area (Å²) in [5, 5.41) is 0. The lowest BCUT2D eigenvalue weighted by atomic mass is 10.0. The molecule has 2 aromatic carbocycles. The molecular weight excluding hydrogens is 747 g/mol. The maximum absolute atomic E-state index is 13.7. The van der Waals surface area contributed by atoms with Gasteiger partial charge in [0.15, 0.2) is 0 Å². The lowest BCUT2D eigenvalue weighted by Gasteiger charge is -2.31. The zero-order valence-electron chi connectivity index (χ0n) is 30.5. The van der Waals surface area contributed by atoms with Gasteiger partial charge < -0.3 is 30.7 Å². The van der Waals surface area contributed by atoms with Crippen molar-refractivity contribution in [1.29, 1.82) is 0 Å². The zero-order chi connectivity index (χ0) is 38.9. The molecule has 2 amide bonds. The van der Waals surface area contributed by atoms with Gasteiger partial charge in [-0.3, -0.25) is 9.59 Å². The number of nitrogens with two attached hydrogens (primary N) is 2. The Hall–Kier alpha value is -3.10. The molecule has 4 heterocycles. The van der Waals surface area contributed by atoms with Gasteiger partial charge in [0, 0.05) is 38.3 Å². The van der Waals surface area contributed by atoms with Gasteiger partial charge in [-0.1, -0.05) is 37.1 Å². The molecule has 4 N–H and O–H groups in total. The van der Waals surface area contributed by atoms with Crippen LogP contribution in [0, 0.1) is 11.6 Å². The molecule has 4 aliphatic heterocycles. The average molecular weight is 797 g/mol. The smallest absolute Gasteiger partial charge is 0.239 e. The van der Waals surface area contributed by atoms with Gasteiger partial charge in [0.05, 0.1) is 62.1 Å². The molecule has 0 aromatic heterocycles. The largest absolute Gasteiger partial charge is 0.370 e. The standard InChI is InChI=1S/C36H50F2N6O8S2/c1-53(47,48)43-19-31(51-21-23-7-11-25(37)12-8-23)33-29(43)15-17-41(33)35(45)27(39)5-3-4-6-28(40)36(46)42-18-16-30-34(42)32(20-44(30)54(2,49)50)52-22-24-9-13-26(38)14-10-24/h7-14,27-34H,3-6,15-22,39-40H2,1-2H3/t27-,28-,29+,30+,31-,32-,33-,34-/m0/s1. The third-order valence-corrected chi connectivity index (χ3v) is 13.7. The molecule has 0 radical (unpaired) electrons. The van der Waals surface area contributed by atoms with Crippen molar-refractivity contribution in [3.8, 4) is 0 Å². The number of ether oxygens (including phenoxy) is 2. The topological polar surface area (TPSA) is 186 Å². The van der Waals surface area contributed by atoms with Crippen LogP contribution in [0.2, 0.25) is 0 Å². The van der Waals surface area contributed by atoms with Crippen molar-refractivity contribution in [2.75, 3.05) is 38.7 Å². The van der Waals surface area contributed by atoms with Crippen LogP contribution in [-0.2, 0) is 52.3 Å². The third-order valence-electron chi connectivity index (χ3n) is 11.1. The Kier molecular flexibility index (Phi) is 12.4. The van der Waals surface area contributed by atoms with Crippen LogP contribution in [0.5, 0.6) is 0 Å². The van der Waals surface area contributed by atoms with E-state index < -0.39 is 68.5 Å². The molecule has 6 rings (SSSR count). The van der Waals surface area contributed by atoms with Crippen LogP contribution in [0.25, 0.3) is 0 Å². The summed E-state index contributed by atoms with van der Waals surface area (Å²) in [6.07, 6.45) is 3.63. The summed E-state index contributed by atoms with van der Waals surface area (Å²) in [5.41, 5.74) is 14.3. The maximum Gasteiger partial charge on any atom is 0.239 e. The van der Waals surface area contributed by atoms with Crippen molar-refractivity contribution in [3.05, 3.63) is 71.3 Å². The second-order valence-electron chi connectivity index (χ2n) is 14.9. The molecule has 4 aliphatic rings. The number of hydrogen-bond donors (Lipinski definition) is 2. The number of carbonyl (C=O) groups excluding carboxylic acids is 2. The number of sulfonamides is 2. The van der Waals surface area contributed by atoms with Crippen molar-refractivity contribution in [2.45, 2.75) is 100 Å². The fourth-order valence-corrected chi connectivity index (χ4v) is 10.8. The molecule has 0 saturated carbocycles. The van der Waals surface area contributed by atoms with Crippen molar-refractivity contribution in [3.63, 3.8) is 0 Å². The monoisotopic (exact) mass is 796 g/mol. The van der Waals surface area contributed by atoms with E-state index in [0.29, 0.717) is 62.7 Å². The third kappa shape index (κ3) is 8.96. The van der Waals surface area contributed by atoms with Crippen molar-refractivity contribution >= 4 is 31.9 Å². The molecule has 8 atom stereocenters. The van der Waals surface area contributed by atoms with Crippen molar-refractivity contribution in [1.82, 2.24) is 18.4 Å². The number of amides is 2. The number of carbonyl (C=O) groups is 2. The molecule has 0 aliphatic carbocycles. The molecular formula is C36H50F2N6O8S2. The van der Waals surface area contributed by atoms with Crippen LogP contribution in [0.3, 0.4) is 0 Å². The van der Waals surface area contributed by atoms with E-state index in [-0.39, 0.29) is 49.8 Å². The van der Waals surface area contributed by atoms with E-state index in [1.807, 2.05) is 0 Å². The van der Waals surface area contributed by atoms with Crippen LogP contribution in [0.15, 0.2) is 48.5 Å². The highest BCUT2D eigenvalue weighted by Gasteiger charge is 2.55. The lowest BCUT2D eigenvalue weighted by Crippen LogP contribution is -2.51. The van der Waals surface area contributed by atoms with E-state index in [4.69, 9.17) is 20.9 Å². The molecule has 4 saturated heterocycles. The van der Waals surface area contributed by atoms with Gasteiger partial charge in [0.1, 0.15) is 11.6 Å². The maximum atomic E-state index is 13.7. The van der Waals surface area contributed by atoms with Crippen molar-refractivity contribution in [2.24, 2.45) is 11.5 Å². The minimum Gasteiger partial charge on any atom is -0.370 e. The van der Waals surface area contributed by atoms with Crippen molar-refractivity contribution < 1.29 is 44.7 Å². The average Bonchev–Trinajstić information content (AvgIpc) is 3.90. The van der Waals surface area contributed by atoms with Gasteiger partial charge in [-0.25, -0.2) is 25.6 Å². The fraction of sp³-hybridized carbons (Fsp3) is 0.611. The van der Waals surface area contributed by atoms with E-state index in [2.05, 4.69) is 0 Å². The second-order valence-corrected chi connectivity index (χ2v) is 18.7. The molecule has 0 bridgehead atoms. The number of nitrogens with zero attached hydrogens (tertiary/aromatic N) is 4. The summed E-state index contributed by atoms with van der Waals surface area (Å²) < 4.78 is 92.4. The molecule has 14 nitrogen and oxygen atoms in total. The lowest BCUT2D eigenvalue weighted by molar-refractivity contribution is -0.137. The Morgan fingerprint density at radius 2 is 1.04 bits per heavy atom. The summed E-state index contributed by atoms with van der Waals surface area (Å²) in [6, 6.07) is 8.00. The SMILES string of the molecule is CS(=O)(=O)N1C[C@H](OCc2ccc(F)cc2)[C@@H]2[C@H]1CCN2C(=O)[C@@H](N)CCCC[C@H](N)C(=O)N1CC[C@@H]2[C@H]1[C@@H](OCc1ccc(F)cc1)CN2S(C)(=O)=O. The number of fused-ring (bicyclic) bond motifs is 2. The van der Waals surface area contributed by atoms with E-state index in [1.54, 1.807) is 34.1 Å². The molecule has 0 spiro atoms. The first-order valence-electron chi connectivity index (χ1n) is 18.3. The zero-order valence-corrected chi connectivity index (χ0v) is 32.1. The van der Waals surface area contributed by atoms with Gasteiger partial charge in [-0.15, -0.1) is 0 Å². The first kappa shape index (κ1) is 40.6. The number of rotatable bonds is 15. The number of hydrogen-bond acceptors (Lipinski definition) is 10. The summed E-state index contributed by atoms with van der Waals surface area (Å²) in [5.74, 6) is -1.37. The Bertz CT molecular complexity index is 1740. The van der Waals surface area contributed by atoms with E-state index in [9.17, 15) is 35.2 Å². The Morgan fingerprint density at radius 3 is 1.37 bits per heavy atom. The number of unbranched alkanes of at least 4 members (excludes halogenated alkanes) is 1. The molecule has 18 heteroatoms. The highest BCUT2D eigenvalue weighted by Crippen LogP contribution is 2.37. The quantitative estimate of drug-likeness (QED) is 0.248. The minimum absolute atomic E-state index is 0.0896. The summed E-state index contributed by atoms with van der Waals surface area (Å²) in [4.78, 5) is 30.6. The van der Waals surface area contributed by atoms with Crippen LogP contribution in [-0.4, -0.2) is 134 Å². The molecule has 298 valence electrons. The number of benzene rings is 2. The Labute approximate surface area is 315 Å². The predicted molar refractivity (Wildman–Crippen MR) is 195 cm³/mol. The van der Waals surface area contributed by atoms with Crippen LogP contribution < -0.4 is 11.5 Å². The summed E-state index contributed by atoms with van der Waals surface area (Å²) in [6.45, 7) is 1.08. The normalized spacial score (nSPS) is 27.3. The predicted octanol–water partition coefficient (Wildman–Crippen LogP) is 1.14.